The van der Waals surface area contributed by atoms with Crippen molar-refractivity contribution in [2.45, 2.75) is 31.6 Å². The van der Waals surface area contributed by atoms with Gasteiger partial charge in [-0.05, 0) is 38.6 Å². The van der Waals surface area contributed by atoms with Crippen LogP contribution in [-0.4, -0.2) is 56.4 Å². The zero-order valence-electron chi connectivity index (χ0n) is 11.4. The first-order valence-corrected chi connectivity index (χ1v) is 16.5. The van der Waals surface area contributed by atoms with Crippen LogP contribution in [-0.2, 0) is 12.7 Å². The minimum absolute atomic E-state index is 0.404. The summed E-state index contributed by atoms with van der Waals surface area (Å²) in [6.07, 6.45) is 0.968. The van der Waals surface area contributed by atoms with E-state index in [1.54, 1.807) is 7.11 Å². The Morgan fingerprint density at radius 1 is 1.12 bits per heavy atom. The largest absolute Gasteiger partial charge is 0.463 e. The highest BCUT2D eigenvalue weighted by Gasteiger charge is 2.34. The Kier molecular flexibility index (Phi) is 11.0. The van der Waals surface area contributed by atoms with Gasteiger partial charge in [0.1, 0.15) is 0 Å². The van der Waals surface area contributed by atoms with Crippen molar-refractivity contribution in [2.75, 3.05) is 20.2 Å². The van der Waals surface area contributed by atoms with Crippen molar-refractivity contribution in [3.63, 3.8) is 0 Å². The molecule has 1 atom stereocenters. The topological polar surface area (TPSA) is 79.7 Å². The van der Waals surface area contributed by atoms with E-state index in [2.05, 4.69) is 13.1 Å². The summed E-state index contributed by atoms with van der Waals surface area (Å²) >= 11 is 0. The zero-order chi connectivity index (χ0) is 13.1. The fraction of sp³-hybridized carbons (Fsp3) is 1.00. The van der Waals surface area contributed by atoms with Crippen LogP contribution in [0.1, 0.15) is 6.42 Å². The maximum absolute atomic E-state index is 6.15. The van der Waals surface area contributed by atoms with E-state index in [4.69, 9.17) is 24.1 Å². The first kappa shape index (κ1) is 17.7. The van der Waals surface area contributed by atoms with Crippen LogP contribution in [0.15, 0.2) is 0 Å². The van der Waals surface area contributed by atoms with Gasteiger partial charge in [0.2, 0.25) is 0 Å². The van der Waals surface area contributed by atoms with Gasteiger partial charge >= 0.3 is 8.56 Å². The number of hydrogen-bond donors (Lipinski definition) is 2. The van der Waals surface area contributed by atoms with Crippen molar-refractivity contribution < 1.29 is 12.7 Å². The van der Waals surface area contributed by atoms with Crippen LogP contribution in [0, 0.1) is 0 Å². The molecule has 4 N–H and O–H groups in total. The quantitative estimate of drug-likeness (QED) is 0.358. The normalized spacial score (nSPS) is 16.6. The lowest BCUT2D eigenvalue weighted by Gasteiger charge is -2.29. The van der Waals surface area contributed by atoms with Gasteiger partial charge in [-0.3, -0.25) is 0 Å². The van der Waals surface area contributed by atoms with E-state index >= 15 is 0 Å². The lowest BCUT2D eigenvalue weighted by atomic mass is 10.5. The summed E-state index contributed by atoms with van der Waals surface area (Å²) in [5, 5.41) is 0. The molecule has 0 spiro atoms. The van der Waals surface area contributed by atoms with E-state index in [9.17, 15) is 0 Å². The zero-order valence-corrected chi connectivity index (χ0v) is 16.4. The summed E-state index contributed by atoms with van der Waals surface area (Å²) in [5.41, 5.74) is 11.2. The monoisotopic (exact) mass is 312 g/mol. The van der Waals surface area contributed by atoms with Crippen LogP contribution in [0.5, 0.6) is 0 Å². The molecule has 17 heavy (non-hydrogen) atoms. The third-order valence-electron chi connectivity index (χ3n) is 2.56. The van der Waals surface area contributed by atoms with Crippen molar-refractivity contribution in [1.29, 1.82) is 0 Å². The van der Waals surface area contributed by atoms with Gasteiger partial charge in [-0.2, -0.15) is 0 Å². The van der Waals surface area contributed by atoms with Gasteiger partial charge in [0.25, 0.3) is 0 Å². The minimum Gasteiger partial charge on any atom is -0.463 e. The standard InChI is InChI=1S/C8H28N2O3Si4/c1-11-17(8-6-10,7-4-5-9)13-15-14-12-16(2)3/h16H,4-10,14-15H2,1-3H3. The Morgan fingerprint density at radius 2 is 1.82 bits per heavy atom. The molecule has 0 aliphatic heterocycles. The smallest absolute Gasteiger partial charge is 0.328 e. The Hall–Kier alpha value is 0.668. The number of hydrogen-bond acceptors (Lipinski definition) is 5. The van der Waals surface area contributed by atoms with Crippen molar-refractivity contribution in [3.05, 3.63) is 0 Å². The van der Waals surface area contributed by atoms with Gasteiger partial charge in [0, 0.05) is 13.2 Å². The third-order valence-corrected chi connectivity index (χ3v) is 16.6. The first-order valence-electron chi connectivity index (χ1n) is 6.31. The van der Waals surface area contributed by atoms with Gasteiger partial charge in [-0.1, -0.05) is 0 Å². The number of nitrogens with two attached hydrogens (primary N) is 2. The third kappa shape index (κ3) is 8.39. The lowest BCUT2D eigenvalue weighted by molar-refractivity contribution is 0.303. The van der Waals surface area contributed by atoms with Gasteiger partial charge in [0.05, 0.1) is 0 Å². The Balaban J connectivity index is 4.06. The van der Waals surface area contributed by atoms with Crippen LogP contribution in [0.3, 0.4) is 0 Å². The summed E-state index contributed by atoms with van der Waals surface area (Å²) in [4.78, 5) is 0. The predicted molar refractivity (Wildman–Crippen MR) is 83.2 cm³/mol. The average molecular weight is 313 g/mol. The van der Waals surface area contributed by atoms with Gasteiger partial charge < -0.3 is 24.1 Å². The highest BCUT2D eigenvalue weighted by atomic mass is 29.2. The van der Waals surface area contributed by atoms with Crippen molar-refractivity contribution in [2.24, 2.45) is 11.5 Å². The highest BCUT2D eigenvalue weighted by molar-refractivity contribution is 6.99. The predicted octanol–water partition coefficient (Wildman–Crippen LogP) is -1.52. The molecule has 0 fully saturated rings. The van der Waals surface area contributed by atoms with Gasteiger partial charge in [0.15, 0.2) is 27.6 Å². The van der Waals surface area contributed by atoms with Gasteiger partial charge in [-0.25, -0.2) is 0 Å². The van der Waals surface area contributed by atoms with Crippen LogP contribution in [0.4, 0.5) is 0 Å². The average Bonchev–Trinajstić information content (AvgIpc) is 2.31. The van der Waals surface area contributed by atoms with E-state index in [0.29, 0.717) is 13.1 Å². The first-order chi connectivity index (χ1) is 8.10. The molecule has 0 saturated heterocycles. The maximum atomic E-state index is 6.15. The fourth-order valence-electron chi connectivity index (χ4n) is 1.64. The second kappa shape index (κ2) is 10.6. The molecule has 0 aliphatic rings. The van der Waals surface area contributed by atoms with E-state index in [1.165, 1.54) is 0 Å². The van der Waals surface area contributed by atoms with Crippen molar-refractivity contribution >= 4 is 36.2 Å². The van der Waals surface area contributed by atoms with E-state index in [0.717, 1.165) is 18.5 Å². The Morgan fingerprint density at radius 3 is 2.29 bits per heavy atom. The second-order valence-electron chi connectivity index (χ2n) is 4.31. The Labute approximate surface area is 112 Å². The molecule has 0 aromatic heterocycles. The summed E-state index contributed by atoms with van der Waals surface area (Å²) in [6, 6.07) is 1.85. The molecule has 0 saturated carbocycles. The lowest BCUT2D eigenvalue weighted by Crippen LogP contribution is -2.45. The van der Waals surface area contributed by atoms with Crippen LogP contribution in [0.25, 0.3) is 0 Å². The van der Waals surface area contributed by atoms with Crippen LogP contribution < -0.4 is 11.5 Å². The molecular formula is C8H28N2O3Si4. The van der Waals surface area contributed by atoms with Crippen molar-refractivity contribution in [1.82, 2.24) is 0 Å². The molecule has 0 heterocycles. The molecule has 0 aliphatic carbocycles. The van der Waals surface area contributed by atoms with Crippen LogP contribution in [0.2, 0.25) is 25.2 Å². The van der Waals surface area contributed by atoms with E-state index < -0.39 is 36.2 Å². The van der Waals surface area contributed by atoms with E-state index in [-0.39, 0.29) is 0 Å². The minimum atomic E-state index is -2.04. The molecule has 5 nitrogen and oxygen atoms in total. The molecular weight excluding hydrogens is 284 g/mol. The fourth-order valence-corrected chi connectivity index (χ4v) is 18.4. The molecule has 0 bridgehead atoms. The second-order valence-corrected chi connectivity index (χ2v) is 15.4. The van der Waals surface area contributed by atoms with Crippen LogP contribution >= 0.6 is 0 Å². The maximum Gasteiger partial charge on any atom is 0.328 e. The Bertz CT molecular complexity index is 190. The number of rotatable bonds is 11. The van der Waals surface area contributed by atoms with E-state index in [1.807, 2.05) is 0 Å². The molecule has 0 radical (unpaired) electrons. The molecule has 0 rings (SSSR count). The summed E-state index contributed by atoms with van der Waals surface area (Å²) < 4.78 is 17.6. The summed E-state index contributed by atoms with van der Waals surface area (Å²) in [7, 11) is -2.04. The molecule has 104 valence electrons. The SMILES string of the molecule is CO[Si](CCN)(CCCN)O[SiH2][SiH2]O[SiH](C)C. The van der Waals surface area contributed by atoms with Gasteiger partial charge in [-0.15, -0.1) is 0 Å². The molecule has 1 unspecified atom stereocenters. The molecule has 9 heteroatoms. The summed E-state index contributed by atoms with van der Waals surface area (Å²) in [6.45, 7) is 5.74. The highest BCUT2D eigenvalue weighted by Crippen LogP contribution is 2.18. The molecule has 0 aromatic carbocycles. The van der Waals surface area contributed by atoms with Crippen molar-refractivity contribution in [3.8, 4) is 0 Å². The molecule has 0 amide bonds. The summed E-state index contributed by atoms with van der Waals surface area (Å²) in [5.74, 6) is 0. The molecule has 0 aromatic rings.